The van der Waals surface area contributed by atoms with Gasteiger partial charge < -0.3 is 9.88 Å². The molecule has 0 aromatic carbocycles. The van der Waals surface area contributed by atoms with Crippen LogP contribution in [-0.2, 0) is 0 Å². The first-order valence-electron chi connectivity index (χ1n) is 5.64. The molecule has 0 aliphatic carbocycles. The number of alkyl halides is 1. The van der Waals surface area contributed by atoms with Crippen LogP contribution >= 0.6 is 11.6 Å². The second kappa shape index (κ2) is 6.45. The number of aromatic nitrogens is 1. The van der Waals surface area contributed by atoms with Crippen molar-refractivity contribution in [2.24, 2.45) is 0 Å². The molecule has 0 radical (unpaired) electrons. The molecule has 94 valence electrons. The average molecular weight is 257 g/mol. The van der Waals surface area contributed by atoms with Crippen molar-refractivity contribution in [2.75, 3.05) is 19.0 Å². The number of halogens is 1. The summed E-state index contributed by atoms with van der Waals surface area (Å²) in [7, 11) is 0. The number of nitrogens with zero attached hydrogens (tertiary/aromatic N) is 1. The Morgan fingerprint density at radius 3 is 2.76 bits per heavy atom. The fourth-order valence-corrected chi connectivity index (χ4v) is 1.68. The molecule has 0 atom stereocenters. The zero-order valence-electron chi connectivity index (χ0n) is 10.1. The van der Waals surface area contributed by atoms with Gasteiger partial charge in [-0.25, -0.2) is 0 Å². The van der Waals surface area contributed by atoms with Gasteiger partial charge in [-0.15, -0.1) is 11.6 Å². The summed E-state index contributed by atoms with van der Waals surface area (Å²) in [5.74, 6) is 0.271. The van der Waals surface area contributed by atoms with E-state index in [0.29, 0.717) is 19.0 Å². The van der Waals surface area contributed by atoms with Crippen LogP contribution in [-0.4, -0.2) is 34.8 Å². The van der Waals surface area contributed by atoms with E-state index in [1.165, 1.54) is 12.3 Å². The number of rotatable bonds is 5. The number of amides is 1. The van der Waals surface area contributed by atoms with Crippen molar-refractivity contribution in [3.63, 3.8) is 0 Å². The van der Waals surface area contributed by atoms with Gasteiger partial charge in [0.1, 0.15) is 5.56 Å². The lowest BCUT2D eigenvalue weighted by molar-refractivity contribution is 0.0763. The van der Waals surface area contributed by atoms with Crippen LogP contribution in [0.5, 0.6) is 0 Å². The van der Waals surface area contributed by atoms with Crippen LogP contribution in [0.4, 0.5) is 0 Å². The molecule has 0 spiro atoms. The molecule has 4 nitrogen and oxygen atoms in total. The molecule has 1 amide bonds. The highest BCUT2D eigenvalue weighted by atomic mass is 35.5. The summed E-state index contributed by atoms with van der Waals surface area (Å²) in [6, 6.07) is 1.43. The fourth-order valence-electron chi connectivity index (χ4n) is 1.56. The summed E-state index contributed by atoms with van der Waals surface area (Å²) in [5.41, 5.74) is 0.693. The molecular formula is C12H17ClN2O2. The Hall–Kier alpha value is -1.29. The maximum atomic E-state index is 12.1. The lowest BCUT2D eigenvalue weighted by Crippen LogP contribution is -2.35. The standard InChI is InChI=1S/C12H17ClN2O2/c1-3-15(6-4-5-13)12(17)10-8-14-9(2)7-11(10)16/h7-8H,3-6H2,1-2H3,(H,14,16). The summed E-state index contributed by atoms with van der Waals surface area (Å²) in [4.78, 5) is 28.3. The predicted molar refractivity (Wildman–Crippen MR) is 68.7 cm³/mol. The van der Waals surface area contributed by atoms with Crippen LogP contribution in [0.1, 0.15) is 29.4 Å². The number of nitrogens with one attached hydrogen (secondary N) is 1. The molecule has 0 bridgehead atoms. The number of hydrogen-bond acceptors (Lipinski definition) is 2. The van der Waals surface area contributed by atoms with Gasteiger partial charge >= 0.3 is 0 Å². The summed E-state index contributed by atoms with van der Waals surface area (Å²) in [5, 5.41) is 0. The molecule has 5 heteroatoms. The molecule has 1 aromatic rings. The second-order valence-corrected chi connectivity index (χ2v) is 4.20. The normalized spacial score (nSPS) is 10.3. The van der Waals surface area contributed by atoms with Crippen LogP contribution in [0.2, 0.25) is 0 Å². The summed E-state index contributed by atoms with van der Waals surface area (Å²) in [6.45, 7) is 4.81. The van der Waals surface area contributed by atoms with Gasteiger partial charge in [-0.05, 0) is 20.3 Å². The molecule has 1 N–H and O–H groups in total. The van der Waals surface area contributed by atoms with Crippen molar-refractivity contribution in [3.05, 3.63) is 33.7 Å². The summed E-state index contributed by atoms with van der Waals surface area (Å²) < 4.78 is 0. The van der Waals surface area contributed by atoms with E-state index in [4.69, 9.17) is 11.6 Å². The van der Waals surface area contributed by atoms with Crippen LogP contribution in [0.15, 0.2) is 17.1 Å². The molecule has 1 heterocycles. The molecule has 0 aliphatic rings. The minimum Gasteiger partial charge on any atom is -0.364 e. The Morgan fingerprint density at radius 1 is 1.53 bits per heavy atom. The number of H-pyrrole nitrogens is 1. The van der Waals surface area contributed by atoms with Gasteiger partial charge in [-0.3, -0.25) is 9.59 Å². The molecule has 0 unspecified atom stereocenters. The smallest absolute Gasteiger partial charge is 0.259 e. The van der Waals surface area contributed by atoms with Gasteiger partial charge in [-0.2, -0.15) is 0 Å². The summed E-state index contributed by atoms with van der Waals surface area (Å²) in [6.07, 6.45) is 2.20. The third-order valence-corrected chi connectivity index (χ3v) is 2.79. The Labute approximate surface area is 106 Å². The molecule has 1 rings (SSSR count). The largest absolute Gasteiger partial charge is 0.364 e. The lowest BCUT2D eigenvalue weighted by atomic mass is 10.2. The number of aryl methyl sites for hydroxylation is 1. The average Bonchev–Trinajstić information content (AvgIpc) is 2.29. The van der Waals surface area contributed by atoms with E-state index in [2.05, 4.69) is 4.98 Å². The zero-order chi connectivity index (χ0) is 12.8. The molecule has 17 heavy (non-hydrogen) atoms. The van der Waals surface area contributed by atoms with Crippen molar-refractivity contribution < 1.29 is 4.79 Å². The maximum absolute atomic E-state index is 12.1. The van der Waals surface area contributed by atoms with Crippen molar-refractivity contribution in [1.82, 2.24) is 9.88 Å². The Kier molecular flexibility index (Phi) is 5.22. The Balaban J connectivity index is 2.90. The van der Waals surface area contributed by atoms with Gasteiger partial charge in [0.2, 0.25) is 0 Å². The highest BCUT2D eigenvalue weighted by Gasteiger charge is 2.16. The number of carbonyl (C=O) groups is 1. The second-order valence-electron chi connectivity index (χ2n) is 3.82. The highest BCUT2D eigenvalue weighted by molar-refractivity contribution is 6.17. The van der Waals surface area contributed by atoms with E-state index in [0.717, 1.165) is 12.1 Å². The van der Waals surface area contributed by atoms with Crippen molar-refractivity contribution in [2.45, 2.75) is 20.3 Å². The van der Waals surface area contributed by atoms with Crippen LogP contribution in [0.25, 0.3) is 0 Å². The molecule has 0 fully saturated rings. The van der Waals surface area contributed by atoms with Gasteiger partial charge in [0, 0.05) is 36.9 Å². The zero-order valence-corrected chi connectivity index (χ0v) is 10.9. The quantitative estimate of drug-likeness (QED) is 0.817. The number of aromatic amines is 1. The van der Waals surface area contributed by atoms with E-state index in [-0.39, 0.29) is 16.9 Å². The highest BCUT2D eigenvalue weighted by Crippen LogP contribution is 2.01. The predicted octanol–water partition coefficient (Wildman–Crippen LogP) is 1.77. The SMILES string of the molecule is CCN(CCCCl)C(=O)c1c[nH]c(C)cc1=O. The number of pyridine rings is 1. The first-order valence-corrected chi connectivity index (χ1v) is 6.18. The number of hydrogen-bond donors (Lipinski definition) is 1. The lowest BCUT2D eigenvalue weighted by Gasteiger charge is -2.19. The number of carbonyl (C=O) groups excluding carboxylic acids is 1. The van der Waals surface area contributed by atoms with Gasteiger partial charge in [-0.1, -0.05) is 0 Å². The van der Waals surface area contributed by atoms with Crippen molar-refractivity contribution in [1.29, 1.82) is 0 Å². The molecule has 0 saturated carbocycles. The Bertz CT molecular complexity index is 442. The van der Waals surface area contributed by atoms with Crippen molar-refractivity contribution in [3.8, 4) is 0 Å². The first-order chi connectivity index (χ1) is 8.10. The summed E-state index contributed by atoms with van der Waals surface area (Å²) >= 11 is 5.60. The van der Waals surface area contributed by atoms with Crippen LogP contribution < -0.4 is 5.43 Å². The monoisotopic (exact) mass is 256 g/mol. The topological polar surface area (TPSA) is 53.2 Å². The molecule has 1 aromatic heterocycles. The maximum Gasteiger partial charge on any atom is 0.259 e. The van der Waals surface area contributed by atoms with E-state index >= 15 is 0 Å². The van der Waals surface area contributed by atoms with Crippen LogP contribution in [0, 0.1) is 6.92 Å². The van der Waals surface area contributed by atoms with Crippen molar-refractivity contribution >= 4 is 17.5 Å². The van der Waals surface area contributed by atoms with Gasteiger partial charge in [0.25, 0.3) is 5.91 Å². The fraction of sp³-hybridized carbons (Fsp3) is 0.500. The van der Waals surface area contributed by atoms with E-state index in [1.807, 2.05) is 6.92 Å². The Morgan fingerprint density at radius 2 is 2.24 bits per heavy atom. The van der Waals surface area contributed by atoms with Gasteiger partial charge in [0.05, 0.1) is 0 Å². The third kappa shape index (κ3) is 3.60. The minimum absolute atomic E-state index is 0.187. The molecule has 0 saturated heterocycles. The first kappa shape index (κ1) is 13.8. The molecule has 0 aliphatic heterocycles. The molecular weight excluding hydrogens is 240 g/mol. The van der Waals surface area contributed by atoms with E-state index in [9.17, 15) is 9.59 Å². The van der Waals surface area contributed by atoms with Crippen LogP contribution in [0.3, 0.4) is 0 Å². The van der Waals surface area contributed by atoms with Gasteiger partial charge in [0.15, 0.2) is 5.43 Å². The van der Waals surface area contributed by atoms with E-state index < -0.39 is 0 Å². The van der Waals surface area contributed by atoms with E-state index in [1.54, 1.807) is 11.8 Å². The minimum atomic E-state index is -0.240. The third-order valence-electron chi connectivity index (χ3n) is 2.52.